The summed E-state index contributed by atoms with van der Waals surface area (Å²) < 4.78 is 32.0. The molecule has 6 nitrogen and oxygen atoms in total. The van der Waals surface area contributed by atoms with Gasteiger partial charge in [-0.05, 0) is 23.6 Å². The molecule has 28 heavy (non-hydrogen) atoms. The van der Waals surface area contributed by atoms with Crippen molar-refractivity contribution in [3.05, 3.63) is 71.3 Å². The van der Waals surface area contributed by atoms with Crippen LogP contribution in [0.4, 0.5) is 0 Å². The van der Waals surface area contributed by atoms with Crippen LogP contribution in [0.1, 0.15) is 33.9 Å². The highest BCUT2D eigenvalue weighted by Gasteiger charge is 2.36. The van der Waals surface area contributed by atoms with Gasteiger partial charge in [-0.15, -0.1) is 0 Å². The van der Waals surface area contributed by atoms with E-state index < -0.39 is 15.9 Å². The van der Waals surface area contributed by atoms with Crippen molar-refractivity contribution in [2.24, 2.45) is 0 Å². The van der Waals surface area contributed by atoms with E-state index in [0.717, 1.165) is 23.0 Å². The molecular weight excluding hydrogens is 376 g/mol. The Bertz CT molecular complexity index is 940. The van der Waals surface area contributed by atoms with Crippen molar-refractivity contribution in [1.82, 2.24) is 9.21 Å². The van der Waals surface area contributed by atoms with Crippen LogP contribution in [-0.4, -0.2) is 56.4 Å². The zero-order valence-corrected chi connectivity index (χ0v) is 16.5. The molecule has 0 spiro atoms. The lowest BCUT2D eigenvalue weighted by Crippen LogP contribution is -2.45. The summed E-state index contributed by atoms with van der Waals surface area (Å²) in [5.74, 6) is -0.543. The van der Waals surface area contributed by atoms with Crippen molar-refractivity contribution in [2.45, 2.75) is 18.2 Å². The summed E-state index contributed by atoms with van der Waals surface area (Å²) in [4.78, 5) is 15.2. The van der Waals surface area contributed by atoms with Gasteiger partial charge in [-0.3, -0.25) is 9.69 Å². The predicted octanol–water partition coefficient (Wildman–Crippen LogP) is 2.44. The molecule has 2 aliphatic heterocycles. The molecule has 1 unspecified atom stereocenters. The highest BCUT2D eigenvalue weighted by atomic mass is 32.2. The molecule has 1 fully saturated rings. The average molecular weight is 401 g/mol. The second-order valence-electron chi connectivity index (χ2n) is 7.15. The quantitative estimate of drug-likeness (QED) is 0.771. The van der Waals surface area contributed by atoms with Crippen molar-refractivity contribution < 1.29 is 17.9 Å². The number of hydrogen-bond donors (Lipinski definition) is 0. The molecule has 2 heterocycles. The first kappa shape index (κ1) is 19.1. The molecule has 4 rings (SSSR count). The van der Waals surface area contributed by atoms with Gasteiger partial charge in [0.1, 0.15) is 0 Å². The van der Waals surface area contributed by atoms with E-state index in [1.807, 2.05) is 18.2 Å². The van der Waals surface area contributed by atoms with Crippen LogP contribution in [0.25, 0.3) is 0 Å². The Morgan fingerprint density at radius 3 is 2.39 bits per heavy atom. The molecule has 0 aromatic heterocycles. The van der Waals surface area contributed by atoms with Gasteiger partial charge < -0.3 is 4.74 Å². The number of ether oxygens (including phenoxy) is 1. The molecular formula is C21H24N2O4S. The van der Waals surface area contributed by atoms with Crippen LogP contribution >= 0.6 is 0 Å². The summed E-state index contributed by atoms with van der Waals surface area (Å²) in [6.45, 7) is 3.09. The van der Waals surface area contributed by atoms with Crippen molar-refractivity contribution >= 4 is 15.9 Å². The Hall–Kier alpha value is -2.22. The van der Waals surface area contributed by atoms with Crippen LogP contribution in [-0.2, 0) is 20.5 Å². The fourth-order valence-corrected chi connectivity index (χ4v) is 5.53. The van der Waals surface area contributed by atoms with Crippen LogP contribution in [0.3, 0.4) is 0 Å². The number of hydrogen-bond acceptors (Lipinski definition) is 5. The maximum absolute atomic E-state index is 12.9. The summed E-state index contributed by atoms with van der Waals surface area (Å²) in [6, 6.07) is 17.1. The summed E-state index contributed by atoms with van der Waals surface area (Å²) in [6.07, 6.45) is 0.553. The lowest BCUT2D eigenvalue weighted by Gasteiger charge is -2.36. The molecule has 0 saturated carbocycles. The molecule has 2 aliphatic rings. The largest absolute Gasteiger partial charge is 0.379 e. The first-order valence-electron chi connectivity index (χ1n) is 9.56. The zero-order valence-electron chi connectivity index (χ0n) is 15.7. The van der Waals surface area contributed by atoms with E-state index in [2.05, 4.69) is 17.0 Å². The number of benzene rings is 2. The lowest BCUT2D eigenvalue weighted by atomic mass is 10.0. The Morgan fingerprint density at radius 2 is 1.64 bits per heavy atom. The van der Waals surface area contributed by atoms with Gasteiger partial charge in [0, 0.05) is 31.2 Å². The van der Waals surface area contributed by atoms with Gasteiger partial charge in [0.15, 0.2) is 0 Å². The summed E-state index contributed by atoms with van der Waals surface area (Å²) in [7, 11) is -3.65. The van der Waals surface area contributed by atoms with E-state index in [9.17, 15) is 13.2 Å². The van der Waals surface area contributed by atoms with E-state index in [-0.39, 0.29) is 18.3 Å². The number of rotatable bonds is 5. The summed E-state index contributed by atoms with van der Waals surface area (Å²) >= 11 is 0. The van der Waals surface area contributed by atoms with Gasteiger partial charge in [-0.2, -0.15) is 0 Å². The number of amides is 1. The maximum atomic E-state index is 12.9. The molecule has 1 atom stereocenters. The number of morpholine rings is 1. The summed E-state index contributed by atoms with van der Waals surface area (Å²) in [5, 5.41) is 0. The molecule has 1 saturated heterocycles. The monoisotopic (exact) mass is 400 g/mol. The number of sulfonamides is 1. The van der Waals surface area contributed by atoms with Crippen LogP contribution < -0.4 is 0 Å². The van der Waals surface area contributed by atoms with Gasteiger partial charge >= 0.3 is 0 Å². The predicted molar refractivity (Wildman–Crippen MR) is 106 cm³/mol. The number of fused-ring (bicyclic) bond motifs is 1. The van der Waals surface area contributed by atoms with Gasteiger partial charge in [0.2, 0.25) is 10.0 Å². The molecule has 2 aromatic rings. The molecule has 0 bridgehead atoms. The van der Waals surface area contributed by atoms with E-state index in [0.29, 0.717) is 30.8 Å². The average Bonchev–Trinajstić information content (AvgIpc) is 2.71. The van der Waals surface area contributed by atoms with Crippen LogP contribution in [0.2, 0.25) is 0 Å². The minimum atomic E-state index is -3.65. The molecule has 148 valence electrons. The van der Waals surface area contributed by atoms with Gasteiger partial charge in [-0.25, -0.2) is 12.7 Å². The van der Waals surface area contributed by atoms with Gasteiger partial charge in [0.05, 0.1) is 19.0 Å². The topological polar surface area (TPSA) is 66.9 Å². The SMILES string of the molecule is O=C1c2ccccc2CS(=O)(=O)N1CCC(c1ccccc1)N1CCOCC1. The van der Waals surface area contributed by atoms with Gasteiger partial charge in [-0.1, -0.05) is 48.5 Å². The Kier molecular flexibility index (Phi) is 5.48. The van der Waals surface area contributed by atoms with E-state index in [1.54, 1.807) is 24.3 Å². The number of carbonyl (C=O) groups is 1. The number of nitrogens with zero attached hydrogens (tertiary/aromatic N) is 2. The highest BCUT2D eigenvalue weighted by molar-refractivity contribution is 7.89. The first-order chi connectivity index (χ1) is 13.6. The third kappa shape index (κ3) is 3.83. The van der Waals surface area contributed by atoms with E-state index in [1.165, 1.54) is 0 Å². The summed E-state index contributed by atoms with van der Waals surface area (Å²) in [5.41, 5.74) is 2.20. The minimum Gasteiger partial charge on any atom is -0.379 e. The molecule has 7 heteroatoms. The van der Waals surface area contributed by atoms with Crippen molar-refractivity contribution in [3.63, 3.8) is 0 Å². The Balaban J connectivity index is 1.57. The maximum Gasteiger partial charge on any atom is 0.267 e. The molecule has 2 aromatic carbocycles. The second-order valence-corrected chi connectivity index (χ2v) is 9.05. The van der Waals surface area contributed by atoms with Crippen molar-refractivity contribution in [2.75, 3.05) is 32.8 Å². The lowest BCUT2D eigenvalue weighted by molar-refractivity contribution is 0.0133. The molecule has 0 N–H and O–H groups in total. The molecule has 1 amide bonds. The standard InChI is InChI=1S/C21H24N2O4S/c24-21-19-9-5-4-8-18(19)16-28(25,26)23(21)11-10-20(17-6-2-1-3-7-17)22-12-14-27-15-13-22/h1-9,20H,10-16H2. The Labute approximate surface area is 165 Å². The minimum absolute atomic E-state index is 0.0465. The van der Waals surface area contributed by atoms with E-state index >= 15 is 0 Å². The van der Waals surface area contributed by atoms with E-state index in [4.69, 9.17) is 4.74 Å². The third-order valence-electron chi connectivity index (χ3n) is 5.42. The van der Waals surface area contributed by atoms with Crippen molar-refractivity contribution in [3.8, 4) is 0 Å². The number of carbonyl (C=O) groups excluding carboxylic acids is 1. The first-order valence-corrected chi connectivity index (χ1v) is 11.2. The smallest absolute Gasteiger partial charge is 0.267 e. The van der Waals surface area contributed by atoms with Crippen LogP contribution in [0.5, 0.6) is 0 Å². The van der Waals surface area contributed by atoms with Crippen molar-refractivity contribution in [1.29, 1.82) is 0 Å². The van der Waals surface area contributed by atoms with Gasteiger partial charge in [0.25, 0.3) is 5.91 Å². The normalized spacial score (nSPS) is 20.6. The third-order valence-corrected chi connectivity index (χ3v) is 7.12. The van der Waals surface area contributed by atoms with Crippen LogP contribution in [0, 0.1) is 0 Å². The fraction of sp³-hybridized carbons (Fsp3) is 0.381. The molecule has 0 radical (unpaired) electrons. The highest BCUT2D eigenvalue weighted by Crippen LogP contribution is 2.29. The Morgan fingerprint density at radius 1 is 0.964 bits per heavy atom. The zero-order chi connectivity index (χ0) is 19.6. The second kappa shape index (κ2) is 8.03. The fourth-order valence-electron chi connectivity index (χ4n) is 3.99. The molecule has 0 aliphatic carbocycles. The van der Waals surface area contributed by atoms with Crippen LogP contribution in [0.15, 0.2) is 54.6 Å².